The number of likely N-dealkylation sites (N-methyl/N-ethyl adjacent to an activating group) is 3. The first-order chi connectivity index (χ1) is 9.53. The van der Waals surface area contributed by atoms with Crippen molar-refractivity contribution in [1.82, 2.24) is 15.1 Å². The van der Waals surface area contributed by atoms with Crippen molar-refractivity contribution in [2.75, 3.05) is 40.3 Å². The molecule has 0 aromatic heterocycles. The number of hydrogen-bond acceptors (Lipinski definition) is 4. The molecule has 5 nitrogen and oxygen atoms in total. The smallest absolute Gasteiger partial charge is 0.325 e. The molecular weight excluding hydrogens is 254 g/mol. The van der Waals surface area contributed by atoms with Crippen molar-refractivity contribution in [2.24, 2.45) is 5.92 Å². The van der Waals surface area contributed by atoms with Gasteiger partial charge in [0.15, 0.2) is 0 Å². The average molecular weight is 283 g/mol. The van der Waals surface area contributed by atoms with E-state index in [-0.39, 0.29) is 0 Å². The Morgan fingerprint density at radius 2 is 2.15 bits per heavy atom. The van der Waals surface area contributed by atoms with Crippen molar-refractivity contribution in [3.63, 3.8) is 0 Å². The van der Waals surface area contributed by atoms with E-state index in [4.69, 9.17) is 0 Å². The Bertz CT molecular complexity index is 346. The second-order valence-electron chi connectivity index (χ2n) is 6.42. The van der Waals surface area contributed by atoms with Gasteiger partial charge in [-0.05, 0) is 58.8 Å². The molecule has 1 saturated carbocycles. The van der Waals surface area contributed by atoms with Gasteiger partial charge in [0.25, 0.3) is 0 Å². The summed E-state index contributed by atoms with van der Waals surface area (Å²) < 4.78 is 0. The standard InChI is InChI=1S/C15H29N3O2/c1-4-18-9-5-6-13(18)10-17(3)11-15(16-2,14(19)20)12-7-8-12/h12-13,16H,4-11H2,1-3H3,(H,19,20). The molecule has 0 spiro atoms. The number of carboxylic acid groups (broad SMARTS) is 1. The monoisotopic (exact) mass is 283 g/mol. The third-order valence-corrected chi connectivity index (χ3v) is 5.05. The van der Waals surface area contributed by atoms with E-state index in [0.717, 1.165) is 25.9 Å². The van der Waals surface area contributed by atoms with Gasteiger partial charge in [-0.3, -0.25) is 9.69 Å². The van der Waals surface area contributed by atoms with Crippen LogP contribution in [0.25, 0.3) is 0 Å². The Kier molecular flexibility index (Phi) is 5.04. The summed E-state index contributed by atoms with van der Waals surface area (Å²) in [6.45, 7) is 6.05. The Hall–Kier alpha value is -0.650. The lowest BCUT2D eigenvalue weighted by molar-refractivity contribution is -0.146. The lowest BCUT2D eigenvalue weighted by Crippen LogP contribution is -2.59. The van der Waals surface area contributed by atoms with Crippen molar-refractivity contribution < 1.29 is 9.90 Å². The Morgan fingerprint density at radius 3 is 2.65 bits per heavy atom. The van der Waals surface area contributed by atoms with Crippen molar-refractivity contribution in [2.45, 2.75) is 44.2 Å². The molecule has 2 rings (SSSR count). The maximum absolute atomic E-state index is 11.7. The molecule has 2 N–H and O–H groups in total. The highest BCUT2D eigenvalue weighted by Crippen LogP contribution is 2.40. The van der Waals surface area contributed by atoms with Gasteiger partial charge in [-0.1, -0.05) is 6.92 Å². The summed E-state index contributed by atoms with van der Waals surface area (Å²) in [4.78, 5) is 16.4. The lowest BCUT2D eigenvalue weighted by atomic mass is 9.92. The number of rotatable bonds is 8. The molecule has 1 aliphatic carbocycles. The van der Waals surface area contributed by atoms with Crippen molar-refractivity contribution in [3.8, 4) is 0 Å². The molecule has 2 atom stereocenters. The fraction of sp³-hybridized carbons (Fsp3) is 0.933. The van der Waals surface area contributed by atoms with E-state index in [1.807, 2.05) is 0 Å². The van der Waals surface area contributed by atoms with Gasteiger partial charge in [0.2, 0.25) is 0 Å². The van der Waals surface area contributed by atoms with E-state index < -0.39 is 11.5 Å². The molecule has 0 aromatic rings. The molecule has 2 aliphatic rings. The Morgan fingerprint density at radius 1 is 1.45 bits per heavy atom. The van der Waals surface area contributed by atoms with Crippen LogP contribution in [0.1, 0.15) is 32.6 Å². The minimum atomic E-state index is -0.760. The van der Waals surface area contributed by atoms with E-state index in [1.54, 1.807) is 7.05 Å². The SMILES string of the molecule is CCN1CCCC1CN(C)CC(NC)(C(=O)O)C1CC1. The maximum Gasteiger partial charge on any atom is 0.325 e. The molecule has 0 aromatic carbocycles. The number of aliphatic carboxylic acids is 1. The highest BCUT2D eigenvalue weighted by Gasteiger charge is 2.50. The zero-order valence-corrected chi connectivity index (χ0v) is 13.1. The van der Waals surface area contributed by atoms with E-state index in [9.17, 15) is 9.90 Å². The minimum absolute atomic E-state index is 0.290. The molecule has 0 radical (unpaired) electrons. The summed E-state index contributed by atoms with van der Waals surface area (Å²) in [6, 6.07) is 0.590. The van der Waals surface area contributed by atoms with Crippen LogP contribution in [0.4, 0.5) is 0 Å². The van der Waals surface area contributed by atoms with Crippen LogP contribution in [0.3, 0.4) is 0 Å². The van der Waals surface area contributed by atoms with Crippen molar-refractivity contribution in [3.05, 3.63) is 0 Å². The summed E-state index contributed by atoms with van der Waals surface area (Å²) >= 11 is 0. The fourth-order valence-corrected chi connectivity index (χ4v) is 3.71. The highest BCUT2D eigenvalue weighted by atomic mass is 16.4. The first-order valence-electron chi connectivity index (χ1n) is 7.88. The van der Waals surface area contributed by atoms with Crippen LogP contribution in [0, 0.1) is 5.92 Å². The van der Waals surface area contributed by atoms with Crippen molar-refractivity contribution in [1.29, 1.82) is 0 Å². The highest BCUT2D eigenvalue weighted by molar-refractivity contribution is 5.80. The molecule has 116 valence electrons. The summed E-state index contributed by atoms with van der Waals surface area (Å²) in [6.07, 6.45) is 4.57. The van der Waals surface area contributed by atoms with Crippen LogP contribution in [0.5, 0.6) is 0 Å². The maximum atomic E-state index is 11.7. The molecule has 1 aliphatic heterocycles. The molecule has 1 heterocycles. The van der Waals surface area contributed by atoms with Gasteiger partial charge < -0.3 is 15.3 Å². The normalized spacial score (nSPS) is 26.9. The summed E-state index contributed by atoms with van der Waals surface area (Å²) in [5.41, 5.74) is -0.760. The van der Waals surface area contributed by atoms with E-state index in [2.05, 4.69) is 29.1 Å². The Labute approximate surface area is 122 Å². The number of carbonyl (C=O) groups is 1. The molecular formula is C15H29N3O2. The first kappa shape index (κ1) is 15.7. The molecule has 2 unspecified atom stereocenters. The summed E-state index contributed by atoms with van der Waals surface area (Å²) in [5.74, 6) is -0.411. The second kappa shape index (κ2) is 6.41. The summed E-state index contributed by atoms with van der Waals surface area (Å²) in [5, 5.41) is 12.7. The number of nitrogens with zero attached hydrogens (tertiary/aromatic N) is 2. The van der Waals surface area contributed by atoms with E-state index in [0.29, 0.717) is 18.5 Å². The zero-order valence-electron chi connectivity index (χ0n) is 13.1. The van der Waals surface area contributed by atoms with Gasteiger partial charge >= 0.3 is 5.97 Å². The molecule has 0 amide bonds. The van der Waals surface area contributed by atoms with Crippen LogP contribution in [0.2, 0.25) is 0 Å². The quantitative estimate of drug-likeness (QED) is 0.692. The van der Waals surface area contributed by atoms with Crippen LogP contribution in [-0.2, 0) is 4.79 Å². The predicted molar refractivity (Wildman–Crippen MR) is 79.9 cm³/mol. The average Bonchev–Trinajstić information content (AvgIpc) is 3.17. The van der Waals surface area contributed by atoms with Gasteiger partial charge in [0, 0.05) is 19.1 Å². The van der Waals surface area contributed by atoms with Gasteiger partial charge in [0.1, 0.15) is 5.54 Å². The fourth-order valence-electron chi connectivity index (χ4n) is 3.71. The van der Waals surface area contributed by atoms with Crippen LogP contribution >= 0.6 is 0 Å². The number of nitrogens with one attached hydrogen (secondary N) is 1. The van der Waals surface area contributed by atoms with E-state index in [1.165, 1.54) is 19.4 Å². The number of carboxylic acids is 1. The van der Waals surface area contributed by atoms with Gasteiger partial charge in [0.05, 0.1) is 0 Å². The first-order valence-corrected chi connectivity index (χ1v) is 7.88. The molecule has 0 bridgehead atoms. The van der Waals surface area contributed by atoms with Crippen LogP contribution in [-0.4, -0.2) is 72.7 Å². The Balaban J connectivity index is 1.94. The van der Waals surface area contributed by atoms with Gasteiger partial charge in [-0.25, -0.2) is 0 Å². The predicted octanol–water partition coefficient (Wildman–Crippen LogP) is 0.855. The lowest BCUT2D eigenvalue weighted by Gasteiger charge is -2.35. The molecule has 5 heteroatoms. The molecule has 2 fully saturated rings. The number of hydrogen-bond donors (Lipinski definition) is 2. The van der Waals surface area contributed by atoms with Gasteiger partial charge in [-0.2, -0.15) is 0 Å². The third kappa shape index (κ3) is 3.15. The van der Waals surface area contributed by atoms with Gasteiger partial charge in [-0.15, -0.1) is 0 Å². The molecule has 20 heavy (non-hydrogen) atoms. The van der Waals surface area contributed by atoms with Crippen LogP contribution < -0.4 is 5.32 Å². The zero-order chi connectivity index (χ0) is 14.8. The van der Waals surface area contributed by atoms with Crippen molar-refractivity contribution >= 4 is 5.97 Å². The number of likely N-dealkylation sites (tertiary alicyclic amines) is 1. The second-order valence-corrected chi connectivity index (χ2v) is 6.42. The topological polar surface area (TPSA) is 55.8 Å². The minimum Gasteiger partial charge on any atom is -0.480 e. The summed E-state index contributed by atoms with van der Waals surface area (Å²) in [7, 11) is 3.85. The molecule has 1 saturated heterocycles. The van der Waals surface area contributed by atoms with Crippen LogP contribution in [0.15, 0.2) is 0 Å². The van der Waals surface area contributed by atoms with E-state index >= 15 is 0 Å². The largest absolute Gasteiger partial charge is 0.480 e. The third-order valence-electron chi connectivity index (χ3n) is 5.05.